The molecule has 6 nitrogen and oxygen atoms in total. The lowest BCUT2D eigenvalue weighted by atomic mass is 10.1. The Morgan fingerprint density at radius 2 is 2.08 bits per heavy atom. The minimum absolute atomic E-state index is 0.165. The largest absolute Gasteiger partial charge is 0.368 e. The van der Waals surface area contributed by atoms with Gasteiger partial charge < -0.3 is 10.2 Å². The van der Waals surface area contributed by atoms with Gasteiger partial charge in [0.25, 0.3) is 0 Å². The van der Waals surface area contributed by atoms with Crippen LogP contribution >= 0.6 is 0 Å². The number of aromatic nitrogens is 1. The molecule has 1 aromatic rings. The van der Waals surface area contributed by atoms with Gasteiger partial charge in [-0.2, -0.15) is 5.26 Å². The minimum atomic E-state index is 0.165. The number of amides is 1. The van der Waals surface area contributed by atoms with Crippen molar-refractivity contribution < 1.29 is 4.79 Å². The molecule has 2 fully saturated rings. The molecule has 1 aliphatic heterocycles. The molecule has 0 unspecified atom stereocenters. The molecule has 1 saturated heterocycles. The van der Waals surface area contributed by atoms with Gasteiger partial charge in [0.05, 0.1) is 11.3 Å². The number of pyridine rings is 1. The molecular formula is C20H29N5O. The van der Waals surface area contributed by atoms with Crippen molar-refractivity contribution >= 4 is 11.7 Å². The van der Waals surface area contributed by atoms with Crippen molar-refractivity contribution in [1.29, 1.82) is 5.26 Å². The molecule has 0 atom stereocenters. The van der Waals surface area contributed by atoms with Gasteiger partial charge in [-0.3, -0.25) is 9.69 Å². The van der Waals surface area contributed by atoms with Crippen molar-refractivity contribution in [1.82, 2.24) is 14.8 Å². The van der Waals surface area contributed by atoms with Crippen LogP contribution in [0, 0.1) is 25.2 Å². The average Bonchev–Trinajstić information content (AvgIpc) is 3.16. The van der Waals surface area contributed by atoms with Crippen molar-refractivity contribution in [2.24, 2.45) is 0 Å². The first-order valence-corrected chi connectivity index (χ1v) is 9.56. The third-order valence-corrected chi connectivity index (χ3v) is 5.77. The van der Waals surface area contributed by atoms with E-state index in [2.05, 4.69) is 21.3 Å². The van der Waals surface area contributed by atoms with E-state index >= 15 is 0 Å². The number of carbonyl (C=O) groups excluding carboxylic acids is 1. The van der Waals surface area contributed by atoms with Gasteiger partial charge in [0, 0.05) is 32.1 Å². The molecule has 2 aliphatic rings. The number of likely N-dealkylation sites (tertiary alicyclic amines) is 1. The summed E-state index contributed by atoms with van der Waals surface area (Å²) >= 11 is 0. The number of hydrogen-bond acceptors (Lipinski definition) is 5. The lowest BCUT2D eigenvalue weighted by Crippen LogP contribution is -2.41. The Balaban J connectivity index is 1.47. The van der Waals surface area contributed by atoms with Gasteiger partial charge in [0.15, 0.2) is 0 Å². The van der Waals surface area contributed by atoms with Crippen LogP contribution in [-0.4, -0.2) is 59.5 Å². The summed E-state index contributed by atoms with van der Waals surface area (Å²) in [6.45, 7) is 7.37. The van der Waals surface area contributed by atoms with Crippen molar-refractivity contribution in [2.75, 3.05) is 38.5 Å². The number of nitriles is 1. The van der Waals surface area contributed by atoms with Crippen molar-refractivity contribution in [3.8, 4) is 6.07 Å². The average molecular weight is 355 g/mol. The van der Waals surface area contributed by atoms with Crippen molar-refractivity contribution in [3.63, 3.8) is 0 Å². The van der Waals surface area contributed by atoms with E-state index in [0.717, 1.165) is 30.2 Å². The fourth-order valence-electron chi connectivity index (χ4n) is 3.92. The van der Waals surface area contributed by atoms with Gasteiger partial charge >= 0.3 is 0 Å². The van der Waals surface area contributed by atoms with Crippen LogP contribution in [0.15, 0.2) is 6.07 Å². The van der Waals surface area contributed by atoms with E-state index < -0.39 is 0 Å². The molecule has 1 amide bonds. The van der Waals surface area contributed by atoms with Crippen LogP contribution in [0.3, 0.4) is 0 Å². The van der Waals surface area contributed by atoms with Gasteiger partial charge in [-0.05, 0) is 64.3 Å². The molecule has 0 aromatic carbocycles. The molecule has 0 radical (unpaired) electrons. The van der Waals surface area contributed by atoms with Crippen LogP contribution in [0.5, 0.6) is 0 Å². The topological polar surface area (TPSA) is 72.3 Å². The Labute approximate surface area is 156 Å². The van der Waals surface area contributed by atoms with Crippen LogP contribution in [0.1, 0.15) is 48.9 Å². The minimum Gasteiger partial charge on any atom is -0.368 e. The van der Waals surface area contributed by atoms with Crippen LogP contribution in [-0.2, 0) is 4.79 Å². The number of anilines is 1. The molecular weight excluding hydrogens is 326 g/mol. The first kappa shape index (κ1) is 18.7. The third-order valence-electron chi connectivity index (χ3n) is 5.77. The maximum absolute atomic E-state index is 12.6. The van der Waals surface area contributed by atoms with Crippen LogP contribution < -0.4 is 5.32 Å². The zero-order chi connectivity index (χ0) is 18.7. The molecule has 2 heterocycles. The SMILES string of the molecule is Cc1cc(NCCN(C)C(=O)CC2(N3CCCC3)CC2)nc(C)c1C#N. The first-order valence-electron chi connectivity index (χ1n) is 9.56. The highest BCUT2D eigenvalue weighted by atomic mass is 16.2. The number of hydrogen-bond donors (Lipinski definition) is 1. The van der Waals surface area contributed by atoms with Gasteiger partial charge in [-0.25, -0.2) is 4.98 Å². The fraction of sp³-hybridized carbons (Fsp3) is 0.650. The smallest absolute Gasteiger partial charge is 0.224 e. The van der Waals surface area contributed by atoms with Gasteiger partial charge in [-0.15, -0.1) is 0 Å². The highest BCUT2D eigenvalue weighted by Gasteiger charge is 2.50. The summed E-state index contributed by atoms with van der Waals surface area (Å²) in [7, 11) is 1.88. The van der Waals surface area contributed by atoms with E-state index in [-0.39, 0.29) is 11.4 Å². The van der Waals surface area contributed by atoms with E-state index in [1.54, 1.807) is 0 Å². The Morgan fingerprint density at radius 1 is 1.38 bits per heavy atom. The molecule has 1 N–H and O–H groups in total. The van der Waals surface area contributed by atoms with Crippen LogP contribution in [0.25, 0.3) is 0 Å². The number of rotatable bonds is 7. The number of carbonyl (C=O) groups is 1. The monoisotopic (exact) mass is 355 g/mol. The second-order valence-corrected chi connectivity index (χ2v) is 7.73. The summed E-state index contributed by atoms with van der Waals surface area (Å²) < 4.78 is 0. The Kier molecular flexibility index (Phi) is 5.47. The summed E-state index contributed by atoms with van der Waals surface area (Å²) in [4.78, 5) is 21.4. The second-order valence-electron chi connectivity index (χ2n) is 7.73. The quantitative estimate of drug-likeness (QED) is 0.813. The summed E-state index contributed by atoms with van der Waals surface area (Å²) in [6, 6.07) is 4.07. The second kappa shape index (κ2) is 7.63. The normalized spacial score (nSPS) is 18.4. The Morgan fingerprint density at radius 3 is 2.65 bits per heavy atom. The molecule has 3 rings (SSSR count). The van der Waals surface area contributed by atoms with Crippen LogP contribution in [0.4, 0.5) is 5.82 Å². The Hall–Kier alpha value is -2.13. The van der Waals surface area contributed by atoms with E-state index in [9.17, 15) is 4.79 Å². The summed E-state index contributed by atoms with van der Waals surface area (Å²) in [6.07, 6.45) is 5.52. The molecule has 6 heteroatoms. The molecule has 0 spiro atoms. The maximum Gasteiger partial charge on any atom is 0.224 e. The standard InChI is InChI=1S/C20H29N5O/c1-15-12-18(23-16(2)17(15)14-21)22-8-11-24(3)19(26)13-20(6-7-20)25-9-4-5-10-25/h12H,4-11,13H2,1-3H3,(H,22,23). The molecule has 0 bridgehead atoms. The molecule has 1 aromatic heterocycles. The third kappa shape index (κ3) is 3.99. The molecule has 1 saturated carbocycles. The van der Waals surface area contributed by atoms with Crippen molar-refractivity contribution in [2.45, 2.75) is 51.5 Å². The lowest BCUT2D eigenvalue weighted by Gasteiger charge is -2.29. The predicted molar refractivity (Wildman–Crippen MR) is 102 cm³/mol. The zero-order valence-electron chi connectivity index (χ0n) is 16.1. The van der Waals surface area contributed by atoms with E-state index in [0.29, 0.717) is 25.1 Å². The van der Waals surface area contributed by atoms with Gasteiger partial charge in [0.2, 0.25) is 5.91 Å². The molecule has 1 aliphatic carbocycles. The highest BCUT2D eigenvalue weighted by molar-refractivity contribution is 5.77. The predicted octanol–water partition coefficient (Wildman–Crippen LogP) is 2.46. The lowest BCUT2D eigenvalue weighted by molar-refractivity contribution is -0.131. The summed E-state index contributed by atoms with van der Waals surface area (Å²) in [5, 5.41) is 12.4. The number of likely N-dealkylation sites (N-methyl/N-ethyl adjacent to an activating group) is 1. The van der Waals surface area contributed by atoms with E-state index in [4.69, 9.17) is 5.26 Å². The maximum atomic E-state index is 12.6. The van der Waals surface area contributed by atoms with E-state index in [1.807, 2.05) is 31.9 Å². The summed E-state index contributed by atoms with van der Waals surface area (Å²) in [5.74, 6) is 0.993. The fourth-order valence-corrected chi connectivity index (χ4v) is 3.92. The molecule has 140 valence electrons. The van der Waals surface area contributed by atoms with Gasteiger partial charge in [0.1, 0.15) is 11.9 Å². The number of nitrogens with zero attached hydrogens (tertiary/aromatic N) is 4. The molecule has 26 heavy (non-hydrogen) atoms. The summed E-state index contributed by atoms with van der Waals surface area (Å²) in [5.41, 5.74) is 2.46. The van der Waals surface area contributed by atoms with Crippen LogP contribution in [0.2, 0.25) is 0 Å². The van der Waals surface area contributed by atoms with Gasteiger partial charge in [-0.1, -0.05) is 0 Å². The van der Waals surface area contributed by atoms with Crippen molar-refractivity contribution in [3.05, 3.63) is 22.9 Å². The number of aryl methyl sites for hydroxylation is 2. The highest BCUT2D eigenvalue weighted by Crippen LogP contribution is 2.46. The number of nitrogens with one attached hydrogen (secondary N) is 1. The zero-order valence-corrected chi connectivity index (χ0v) is 16.1. The first-order chi connectivity index (χ1) is 12.4. The Bertz CT molecular complexity index is 690. The van der Waals surface area contributed by atoms with E-state index in [1.165, 1.54) is 25.7 Å².